The topological polar surface area (TPSA) is 104 Å². The molecule has 2 heterocycles. The Kier molecular flexibility index (Phi) is 3.43. The number of aromatic nitrogens is 4. The quantitative estimate of drug-likeness (QED) is 0.736. The molecule has 1 aliphatic heterocycles. The van der Waals surface area contributed by atoms with E-state index >= 15 is 0 Å². The van der Waals surface area contributed by atoms with Crippen LogP contribution in [0.25, 0.3) is 0 Å². The summed E-state index contributed by atoms with van der Waals surface area (Å²) in [7, 11) is -1.11. The molecule has 96 valence electrons. The molecule has 1 saturated heterocycles. The van der Waals surface area contributed by atoms with E-state index in [9.17, 15) is 8.42 Å². The smallest absolute Gasteiger partial charge is 0.176 e. The average molecular weight is 259 g/mol. The minimum absolute atomic E-state index is 0.0995. The summed E-state index contributed by atoms with van der Waals surface area (Å²) >= 11 is 0. The molecule has 1 aromatic rings. The first-order chi connectivity index (χ1) is 7.94. The molecule has 1 aromatic heterocycles. The molecule has 2 unspecified atom stereocenters. The van der Waals surface area contributed by atoms with Gasteiger partial charge in [0.25, 0.3) is 0 Å². The summed E-state index contributed by atoms with van der Waals surface area (Å²) in [5.41, 5.74) is 5.97. The van der Waals surface area contributed by atoms with Crippen molar-refractivity contribution in [3.63, 3.8) is 0 Å². The van der Waals surface area contributed by atoms with E-state index in [2.05, 4.69) is 15.4 Å². The molecule has 8 heteroatoms. The van der Waals surface area contributed by atoms with Crippen molar-refractivity contribution in [2.45, 2.75) is 25.3 Å². The highest BCUT2D eigenvalue weighted by Crippen LogP contribution is 2.22. The molecule has 2 atom stereocenters. The van der Waals surface area contributed by atoms with Gasteiger partial charge in [-0.15, -0.1) is 10.2 Å². The third kappa shape index (κ3) is 3.47. The Morgan fingerprint density at radius 1 is 1.59 bits per heavy atom. The van der Waals surface area contributed by atoms with Crippen LogP contribution in [0.15, 0.2) is 0 Å². The number of hydrogen-bond acceptors (Lipinski definition) is 6. The summed E-state index contributed by atoms with van der Waals surface area (Å²) in [6, 6.07) is -0.0995. The fourth-order valence-electron chi connectivity index (χ4n) is 2.21. The van der Waals surface area contributed by atoms with Gasteiger partial charge in [0, 0.05) is 12.5 Å². The average Bonchev–Trinajstić information content (AvgIpc) is 2.73. The molecule has 1 fully saturated rings. The van der Waals surface area contributed by atoms with Gasteiger partial charge in [-0.3, -0.25) is 0 Å². The van der Waals surface area contributed by atoms with Gasteiger partial charge in [-0.2, -0.15) is 4.80 Å². The van der Waals surface area contributed by atoms with Gasteiger partial charge in [0.15, 0.2) is 15.7 Å². The van der Waals surface area contributed by atoms with Crippen molar-refractivity contribution in [3.8, 4) is 0 Å². The fraction of sp³-hybridized carbons (Fsp3) is 0.889. The zero-order valence-corrected chi connectivity index (χ0v) is 10.6. The highest BCUT2D eigenvalue weighted by molar-refractivity contribution is 7.91. The van der Waals surface area contributed by atoms with Gasteiger partial charge >= 0.3 is 0 Å². The molecule has 0 radical (unpaired) electrons. The van der Waals surface area contributed by atoms with Crippen molar-refractivity contribution >= 4 is 9.84 Å². The van der Waals surface area contributed by atoms with Crippen molar-refractivity contribution in [3.05, 3.63) is 5.82 Å². The summed E-state index contributed by atoms with van der Waals surface area (Å²) in [4.78, 5) is 1.39. The standard InChI is InChI=1S/C9H17N5O2S/c1-14-12-9(11-13-14)5-8(10)4-7-2-3-17(15,16)6-7/h7-8H,2-6,10H2,1H3. The van der Waals surface area contributed by atoms with Gasteiger partial charge in [-0.25, -0.2) is 8.42 Å². The molecular formula is C9H17N5O2S. The predicted molar refractivity (Wildman–Crippen MR) is 61.9 cm³/mol. The first kappa shape index (κ1) is 12.4. The zero-order valence-electron chi connectivity index (χ0n) is 9.78. The van der Waals surface area contributed by atoms with Crippen LogP contribution >= 0.6 is 0 Å². The molecule has 2 rings (SSSR count). The van der Waals surface area contributed by atoms with Crippen molar-refractivity contribution in [1.29, 1.82) is 0 Å². The van der Waals surface area contributed by atoms with E-state index in [-0.39, 0.29) is 17.7 Å². The third-order valence-electron chi connectivity index (χ3n) is 2.96. The van der Waals surface area contributed by atoms with Crippen LogP contribution in [0.4, 0.5) is 0 Å². The maximum atomic E-state index is 11.3. The lowest BCUT2D eigenvalue weighted by Crippen LogP contribution is -2.27. The van der Waals surface area contributed by atoms with E-state index in [1.165, 1.54) is 4.80 Å². The normalized spacial score (nSPS) is 24.9. The zero-order chi connectivity index (χ0) is 12.5. The first-order valence-corrected chi connectivity index (χ1v) is 7.45. The summed E-state index contributed by atoms with van der Waals surface area (Å²) in [6.45, 7) is 0. The van der Waals surface area contributed by atoms with Gasteiger partial charge in [0.05, 0.1) is 18.6 Å². The Balaban J connectivity index is 1.84. The number of nitrogens with two attached hydrogens (primary N) is 1. The molecule has 0 saturated carbocycles. The molecule has 7 nitrogen and oxygen atoms in total. The Morgan fingerprint density at radius 3 is 2.88 bits per heavy atom. The van der Waals surface area contributed by atoms with E-state index in [1.807, 2.05) is 0 Å². The molecule has 2 N–H and O–H groups in total. The second kappa shape index (κ2) is 4.69. The van der Waals surface area contributed by atoms with Gasteiger partial charge in [0.1, 0.15) is 0 Å². The van der Waals surface area contributed by atoms with Crippen LogP contribution in [0.2, 0.25) is 0 Å². The van der Waals surface area contributed by atoms with Crippen LogP contribution in [0.5, 0.6) is 0 Å². The highest BCUT2D eigenvalue weighted by Gasteiger charge is 2.29. The predicted octanol–water partition coefficient (Wildman–Crippen LogP) is -1.10. The molecule has 0 spiro atoms. The van der Waals surface area contributed by atoms with Gasteiger partial charge in [-0.1, -0.05) is 0 Å². The molecular weight excluding hydrogens is 242 g/mol. The molecule has 0 aliphatic carbocycles. The van der Waals surface area contributed by atoms with Crippen LogP contribution in [0.3, 0.4) is 0 Å². The van der Waals surface area contributed by atoms with Gasteiger partial charge < -0.3 is 5.73 Å². The number of tetrazole rings is 1. The van der Waals surface area contributed by atoms with E-state index in [0.29, 0.717) is 24.4 Å². The maximum Gasteiger partial charge on any atom is 0.176 e. The van der Waals surface area contributed by atoms with E-state index in [4.69, 9.17) is 5.73 Å². The van der Waals surface area contributed by atoms with Crippen molar-refractivity contribution in [2.24, 2.45) is 18.7 Å². The molecule has 0 amide bonds. The Labute approximate surface area is 100 Å². The minimum Gasteiger partial charge on any atom is -0.327 e. The largest absolute Gasteiger partial charge is 0.327 e. The molecule has 1 aliphatic rings. The molecule has 17 heavy (non-hydrogen) atoms. The van der Waals surface area contributed by atoms with Crippen molar-refractivity contribution < 1.29 is 8.42 Å². The van der Waals surface area contributed by atoms with Crippen LogP contribution in [-0.2, 0) is 23.3 Å². The summed E-state index contributed by atoms with van der Waals surface area (Å²) in [5, 5.41) is 11.6. The van der Waals surface area contributed by atoms with Gasteiger partial charge in [0.2, 0.25) is 0 Å². The summed E-state index contributed by atoms with van der Waals surface area (Å²) in [5.74, 6) is 1.37. The lowest BCUT2D eigenvalue weighted by molar-refractivity contribution is 0.463. The minimum atomic E-state index is -2.81. The SMILES string of the molecule is Cn1nnc(CC(N)CC2CCS(=O)(=O)C2)n1. The number of nitrogens with zero attached hydrogens (tertiary/aromatic N) is 4. The first-order valence-electron chi connectivity index (χ1n) is 5.63. The van der Waals surface area contributed by atoms with E-state index < -0.39 is 9.84 Å². The third-order valence-corrected chi connectivity index (χ3v) is 4.79. The van der Waals surface area contributed by atoms with Crippen LogP contribution in [0.1, 0.15) is 18.7 Å². The molecule has 0 aromatic carbocycles. The Morgan fingerprint density at radius 2 is 2.35 bits per heavy atom. The number of sulfone groups is 1. The van der Waals surface area contributed by atoms with E-state index in [1.54, 1.807) is 7.05 Å². The summed E-state index contributed by atoms with van der Waals surface area (Å²) < 4.78 is 22.6. The van der Waals surface area contributed by atoms with Gasteiger partial charge in [-0.05, 0) is 24.0 Å². The Bertz CT molecular complexity index is 483. The highest BCUT2D eigenvalue weighted by atomic mass is 32.2. The molecule has 0 bridgehead atoms. The Hall–Kier alpha value is -1.02. The second-order valence-corrected chi connectivity index (χ2v) is 6.89. The van der Waals surface area contributed by atoms with Crippen molar-refractivity contribution in [2.75, 3.05) is 11.5 Å². The second-order valence-electron chi connectivity index (χ2n) is 4.66. The lowest BCUT2D eigenvalue weighted by Gasteiger charge is -2.13. The van der Waals surface area contributed by atoms with Crippen molar-refractivity contribution in [1.82, 2.24) is 20.2 Å². The maximum absolute atomic E-state index is 11.3. The van der Waals surface area contributed by atoms with E-state index in [0.717, 1.165) is 6.42 Å². The lowest BCUT2D eigenvalue weighted by atomic mass is 9.98. The monoisotopic (exact) mass is 259 g/mol. The number of aryl methyl sites for hydroxylation is 1. The fourth-order valence-corrected chi connectivity index (χ4v) is 4.09. The van der Waals surface area contributed by atoms with Crippen LogP contribution < -0.4 is 5.73 Å². The summed E-state index contributed by atoms with van der Waals surface area (Å²) in [6.07, 6.45) is 1.98. The number of hydrogen-bond donors (Lipinski definition) is 1. The number of rotatable bonds is 4. The van der Waals surface area contributed by atoms with Crippen LogP contribution in [0, 0.1) is 5.92 Å². The van der Waals surface area contributed by atoms with Crippen LogP contribution in [-0.4, -0.2) is 46.2 Å².